The lowest BCUT2D eigenvalue weighted by molar-refractivity contribution is -0.0505. The van der Waals surface area contributed by atoms with E-state index in [2.05, 4.69) is 29.9 Å². The first-order valence-corrected chi connectivity index (χ1v) is 10.7. The first kappa shape index (κ1) is 27.9. The van der Waals surface area contributed by atoms with Crippen molar-refractivity contribution in [3.05, 3.63) is 42.0 Å². The lowest BCUT2D eigenvalue weighted by atomic mass is 10.2. The van der Waals surface area contributed by atoms with Gasteiger partial charge < -0.3 is 24.7 Å². The van der Waals surface area contributed by atoms with Crippen molar-refractivity contribution in [2.75, 3.05) is 19.7 Å². The maximum absolute atomic E-state index is 12.8. The van der Waals surface area contributed by atoms with Crippen LogP contribution in [0.15, 0.2) is 35.6 Å². The van der Waals surface area contributed by atoms with E-state index < -0.39 is 6.61 Å². The van der Waals surface area contributed by atoms with Crippen LogP contribution in [0.5, 0.6) is 11.5 Å². The Morgan fingerprint density at radius 2 is 2.03 bits per heavy atom. The van der Waals surface area contributed by atoms with E-state index >= 15 is 0 Å². The van der Waals surface area contributed by atoms with Gasteiger partial charge in [-0.05, 0) is 45.2 Å². The third-order valence-electron chi connectivity index (χ3n) is 4.52. The smallest absolute Gasteiger partial charge is 0.387 e. The molecule has 1 heterocycles. The average molecular weight is 565 g/mol. The van der Waals surface area contributed by atoms with Crippen LogP contribution in [0.25, 0.3) is 0 Å². The quantitative estimate of drug-likeness (QED) is 0.159. The van der Waals surface area contributed by atoms with Gasteiger partial charge in [-0.3, -0.25) is 0 Å². The summed E-state index contributed by atoms with van der Waals surface area (Å²) in [6, 6.07) is 4.95. The van der Waals surface area contributed by atoms with Crippen LogP contribution in [-0.4, -0.2) is 41.8 Å². The summed E-state index contributed by atoms with van der Waals surface area (Å²) in [5, 5.41) is 6.46. The van der Waals surface area contributed by atoms with E-state index in [1.54, 1.807) is 18.3 Å². The van der Waals surface area contributed by atoms with E-state index in [4.69, 9.17) is 4.74 Å². The number of aliphatic imine (C=N–C) groups is 1. The molecule has 10 heteroatoms. The Balaban J connectivity index is 0.00000512. The fourth-order valence-electron chi connectivity index (χ4n) is 2.94. The second-order valence-corrected chi connectivity index (χ2v) is 6.99. The van der Waals surface area contributed by atoms with Gasteiger partial charge in [0.25, 0.3) is 0 Å². The van der Waals surface area contributed by atoms with Crippen molar-refractivity contribution < 1.29 is 18.3 Å². The molecule has 0 bridgehead atoms. The van der Waals surface area contributed by atoms with Gasteiger partial charge in [-0.1, -0.05) is 6.92 Å². The molecule has 0 fully saturated rings. The highest BCUT2D eigenvalue weighted by Crippen LogP contribution is 2.27. The van der Waals surface area contributed by atoms with Crippen molar-refractivity contribution in [2.24, 2.45) is 4.99 Å². The van der Waals surface area contributed by atoms with Crippen LogP contribution in [0.4, 0.5) is 8.78 Å². The predicted molar refractivity (Wildman–Crippen MR) is 133 cm³/mol. The Hall–Kier alpha value is -2.11. The van der Waals surface area contributed by atoms with E-state index in [0.29, 0.717) is 30.4 Å². The number of imidazole rings is 1. The number of nitrogens with zero attached hydrogens (tertiary/aromatic N) is 3. The third kappa shape index (κ3) is 10.0. The van der Waals surface area contributed by atoms with Crippen molar-refractivity contribution in [1.82, 2.24) is 20.2 Å². The Kier molecular flexibility index (Phi) is 13.7. The molecule has 2 aromatic rings. The molecule has 32 heavy (non-hydrogen) atoms. The number of ether oxygens (including phenoxy) is 2. The number of benzene rings is 1. The normalized spacial score (nSPS) is 11.2. The van der Waals surface area contributed by atoms with Crippen LogP contribution in [0.3, 0.4) is 0 Å². The van der Waals surface area contributed by atoms with Crippen LogP contribution >= 0.6 is 24.0 Å². The maximum Gasteiger partial charge on any atom is 0.387 e. The highest BCUT2D eigenvalue weighted by molar-refractivity contribution is 14.0. The highest BCUT2D eigenvalue weighted by atomic mass is 127. The number of hydrogen-bond acceptors (Lipinski definition) is 4. The zero-order valence-corrected chi connectivity index (χ0v) is 21.3. The maximum atomic E-state index is 12.8. The van der Waals surface area contributed by atoms with Gasteiger partial charge in [0.1, 0.15) is 17.3 Å². The Bertz CT molecular complexity index is 817. The molecule has 0 saturated carbocycles. The molecule has 0 aliphatic heterocycles. The molecule has 0 radical (unpaired) electrons. The topological polar surface area (TPSA) is 72.7 Å². The minimum Gasteiger partial charge on any atom is -0.493 e. The molecule has 2 N–H and O–H groups in total. The summed E-state index contributed by atoms with van der Waals surface area (Å²) in [4.78, 5) is 8.74. The number of alkyl halides is 2. The van der Waals surface area contributed by atoms with Gasteiger partial charge in [0.2, 0.25) is 0 Å². The molecular weight excluding hydrogens is 531 g/mol. The SMILES string of the molecule is CCCOc1ccc(CN=C(NCC)NCCCCn2ccnc2C)c(OC(F)F)c1.I. The number of guanidine groups is 1. The monoisotopic (exact) mass is 565 g/mol. The summed E-state index contributed by atoms with van der Waals surface area (Å²) in [6.45, 7) is 6.13. The first-order chi connectivity index (χ1) is 15.0. The predicted octanol–water partition coefficient (Wildman–Crippen LogP) is 4.74. The lowest BCUT2D eigenvalue weighted by Gasteiger charge is -2.14. The molecular formula is C22H34F2IN5O2. The minimum atomic E-state index is -2.91. The molecule has 0 aliphatic rings. The molecule has 0 unspecified atom stereocenters. The first-order valence-electron chi connectivity index (χ1n) is 10.7. The van der Waals surface area contributed by atoms with Gasteiger partial charge in [0.05, 0.1) is 13.2 Å². The Morgan fingerprint density at radius 1 is 1.22 bits per heavy atom. The van der Waals surface area contributed by atoms with E-state index in [1.807, 2.05) is 27.0 Å². The molecule has 1 aromatic carbocycles. The van der Waals surface area contributed by atoms with Crippen LogP contribution in [-0.2, 0) is 13.1 Å². The Labute approximate surface area is 206 Å². The zero-order valence-electron chi connectivity index (χ0n) is 18.9. The van der Waals surface area contributed by atoms with E-state index in [-0.39, 0.29) is 36.3 Å². The summed E-state index contributed by atoms with van der Waals surface area (Å²) in [5.41, 5.74) is 0.567. The van der Waals surface area contributed by atoms with Crippen LogP contribution < -0.4 is 20.1 Å². The molecule has 0 saturated heterocycles. The van der Waals surface area contributed by atoms with Crippen molar-refractivity contribution in [3.63, 3.8) is 0 Å². The van der Waals surface area contributed by atoms with Gasteiger partial charge in [0, 0.05) is 43.7 Å². The number of nitrogens with one attached hydrogen (secondary N) is 2. The number of aromatic nitrogens is 2. The molecule has 0 atom stereocenters. The van der Waals surface area contributed by atoms with E-state index in [9.17, 15) is 8.78 Å². The molecule has 180 valence electrons. The molecule has 0 spiro atoms. The summed E-state index contributed by atoms with van der Waals surface area (Å²) in [5.74, 6) is 2.23. The number of hydrogen-bond donors (Lipinski definition) is 2. The average Bonchev–Trinajstić information content (AvgIpc) is 3.15. The van der Waals surface area contributed by atoms with Gasteiger partial charge >= 0.3 is 6.61 Å². The molecule has 2 rings (SSSR count). The van der Waals surface area contributed by atoms with Crippen LogP contribution in [0, 0.1) is 6.92 Å². The minimum absolute atomic E-state index is 0. The summed E-state index contributed by atoms with van der Waals surface area (Å²) >= 11 is 0. The number of aryl methyl sites for hydroxylation is 2. The summed E-state index contributed by atoms with van der Waals surface area (Å²) in [6.07, 6.45) is 6.58. The second kappa shape index (κ2) is 15.7. The number of unbranched alkanes of at least 4 members (excludes halogenated alkanes) is 1. The number of rotatable bonds is 13. The van der Waals surface area contributed by atoms with Gasteiger partial charge in [0.15, 0.2) is 5.96 Å². The fourth-order valence-corrected chi connectivity index (χ4v) is 2.94. The van der Waals surface area contributed by atoms with Crippen LogP contribution in [0.1, 0.15) is 44.5 Å². The zero-order chi connectivity index (χ0) is 22.5. The van der Waals surface area contributed by atoms with Crippen molar-refractivity contribution >= 4 is 29.9 Å². The molecule has 0 aliphatic carbocycles. The molecule has 7 nitrogen and oxygen atoms in total. The van der Waals surface area contributed by atoms with E-state index in [1.165, 1.54) is 6.07 Å². The summed E-state index contributed by atoms with van der Waals surface area (Å²) < 4.78 is 38.0. The molecule has 1 aromatic heterocycles. The van der Waals surface area contributed by atoms with Crippen LogP contribution in [0.2, 0.25) is 0 Å². The number of halogens is 3. The summed E-state index contributed by atoms with van der Waals surface area (Å²) in [7, 11) is 0. The fraction of sp³-hybridized carbons (Fsp3) is 0.545. The van der Waals surface area contributed by atoms with Gasteiger partial charge in [-0.2, -0.15) is 8.78 Å². The largest absolute Gasteiger partial charge is 0.493 e. The Morgan fingerprint density at radius 3 is 2.69 bits per heavy atom. The highest BCUT2D eigenvalue weighted by Gasteiger charge is 2.12. The van der Waals surface area contributed by atoms with Gasteiger partial charge in [-0.25, -0.2) is 9.98 Å². The third-order valence-corrected chi connectivity index (χ3v) is 4.52. The second-order valence-electron chi connectivity index (χ2n) is 6.99. The lowest BCUT2D eigenvalue weighted by Crippen LogP contribution is -2.37. The van der Waals surface area contributed by atoms with Crippen molar-refractivity contribution in [3.8, 4) is 11.5 Å². The van der Waals surface area contributed by atoms with Crippen molar-refractivity contribution in [1.29, 1.82) is 0 Å². The van der Waals surface area contributed by atoms with Crippen molar-refractivity contribution in [2.45, 2.75) is 59.7 Å². The van der Waals surface area contributed by atoms with E-state index in [0.717, 1.165) is 38.2 Å². The standard InChI is InChI=1S/C22H33F2N5O2.HI/c1-4-14-30-19-9-8-18(20(15-19)31-21(23)24)16-28-22(25-5-2)27-10-6-7-12-29-13-11-26-17(29)3;/h8-9,11,13,15,21H,4-7,10,12,14,16H2,1-3H3,(H2,25,27,28);1H. The molecule has 0 amide bonds. The van der Waals surface area contributed by atoms with Gasteiger partial charge in [-0.15, -0.1) is 24.0 Å².